The minimum atomic E-state index is 0.644. The molecule has 0 fully saturated rings. The Morgan fingerprint density at radius 2 is 1.84 bits per heavy atom. The lowest BCUT2D eigenvalue weighted by Crippen LogP contribution is -1.99. The average Bonchev–Trinajstić information content (AvgIpc) is 2.86. The lowest BCUT2D eigenvalue weighted by Gasteiger charge is -2.03. The summed E-state index contributed by atoms with van der Waals surface area (Å²) in [5.41, 5.74) is 1.07. The summed E-state index contributed by atoms with van der Waals surface area (Å²) in [6.45, 7) is 2.25. The number of nitrogens with zero attached hydrogens (tertiary/aromatic N) is 4. The van der Waals surface area contributed by atoms with E-state index in [4.69, 9.17) is 0 Å². The molecule has 0 aromatic carbocycles. The monoisotopic (exact) mass is 278 g/mol. The van der Waals surface area contributed by atoms with Crippen LogP contribution < -0.4 is 0 Å². The highest BCUT2D eigenvalue weighted by Gasteiger charge is 2.04. The molecule has 0 atom stereocenters. The van der Waals surface area contributed by atoms with Gasteiger partial charge in [0.25, 0.3) is 5.78 Å². The van der Waals surface area contributed by atoms with Crippen LogP contribution >= 0.6 is 12.6 Å². The van der Waals surface area contributed by atoms with Crippen molar-refractivity contribution < 1.29 is 0 Å². The standard InChI is InChI=1S/C14H22N4S/c1-2-3-4-5-6-7-8-9-12-10-13(19)18-14(17-12)15-11-16-18/h10-11,19H,2-9H2,1H3. The Hall–Kier alpha value is -1.10. The predicted molar refractivity (Wildman–Crippen MR) is 79.7 cm³/mol. The highest BCUT2D eigenvalue weighted by Crippen LogP contribution is 2.13. The maximum atomic E-state index is 4.48. The molecule has 104 valence electrons. The summed E-state index contributed by atoms with van der Waals surface area (Å²) in [5, 5.41) is 4.87. The van der Waals surface area contributed by atoms with Crippen LogP contribution in [-0.2, 0) is 6.42 Å². The highest BCUT2D eigenvalue weighted by molar-refractivity contribution is 7.80. The van der Waals surface area contributed by atoms with E-state index in [9.17, 15) is 0 Å². The van der Waals surface area contributed by atoms with Crippen LogP contribution in [0.4, 0.5) is 0 Å². The maximum Gasteiger partial charge on any atom is 0.253 e. The highest BCUT2D eigenvalue weighted by atomic mass is 32.1. The lowest BCUT2D eigenvalue weighted by atomic mass is 10.1. The molecule has 0 amide bonds. The second kappa shape index (κ2) is 7.48. The molecular weight excluding hydrogens is 256 g/mol. The van der Waals surface area contributed by atoms with Gasteiger partial charge < -0.3 is 0 Å². The average molecular weight is 278 g/mol. The fourth-order valence-corrected chi connectivity index (χ4v) is 2.53. The van der Waals surface area contributed by atoms with Crippen LogP contribution in [0, 0.1) is 0 Å². The van der Waals surface area contributed by atoms with Crippen molar-refractivity contribution in [1.82, 2.24) is 19.6 Å². The minimum absolute atomic E-state index is 0.644. The molecule has 0 saturated heterocycles. The maximum absolute atomic E-state index is 4.48. The molecule has 0 aliphatic heterocycles. The Morgan fingerprint density at radius 1 is 1.11 bits per heavy atom. The van der Waals surface area contributed by atoms with Crippen LogP contribution in [0.25, 0.3) is 5.78 Å². The van der Waals surface area contributed by atoms with Crippen molar-refractivity contribution in [2.24, 2.45) is 0 Å². The summed E-state index contributed by atoms with van der Waals surface area (Å²) >= 11 is 4.41. The van der Waals surface area contributed by atoms with Crippen molar-refractivity contribution in [3.05, 3.63) is 18.1 Å². The molecule has 4 nitrogen and oxygen atoms in total. The summed E-state index contributed by atoms with van der Waals surface area (Å²) in [5.74, 6) is 0.644. The van der Waals surface area contributed by atoms with Gasteiger partial charge in [-0.1, -0.05) is 45.4 Å². The van der Waals surface area contributed by atoms with Gasteiger partial charge in [0.2, 0.25) is 0 Å². The van der Waals surface area contributed by atoms with Crippen molar-refractivity contribution in [3.8, 4) is 0 Å². The van der Waals surface area contributed by atoms with E-state index in [0.29, 0.717) is 5.78 Å². The molecule has 2 rings (SSSR count). The van der Waals surface area contributed by atoms with Crippen LogP contribution in [0.5, 0.6) is 0 Å². The molecule has 0 saturated carbocycles. The van der Waals surface area contributed by atoms with E-state index in [0.717, 1.165) is 17.1 Å². The Labute approximate surface area is 120 Å². The predicted octanol–water partition coefficient (Wildman–Crippen LogP) is 3.71. The number of thiol groups is 1. The van der Waals surface area contributed by atoms with E-state index < -0.39 is 0 Å². The van der Waals surface area contributed by atoms with Crippen LogP contribution in [-0.4, -0.2) is 19.6 Å². The van der Waals surface area contributed by atoms with Crippen molar-refractivity contribution >= 4 is 18.4 Å². The van der Waals surface area contributed by atoms with Crippen molar-refractivity contribution in [2.75, 3.05) is 0 Å². The third kappa shape index (κ3) is 4.20. The fraction of sp³-hybridized carbons (Fsp3) is 0.643. The first kappa shape index (κ1) is 14.3. The summed E-state index contributed by atoms with van der Waals surface area (Å²) in [6, 6.07) is 1.99. The zero-order valence-corrected chi connectivity index (χ0v) is 12.4. The molecule has 0 aliphatic carbocycles. The number of aryl methyl sites for hydroxylation is 1. The van der Waals surface area contributed by atoms with Gasteiger partial charge in [-0.05, 0) is 18.9 Å². The van der Waals surface area contributed by atoms with Gasteiger partial charge >= 0.3 is 0 Å². The SMILES string of the molecule is CCCCCCCCCc1cc(S)n2ncnc2n1. The second-order valence-corrected chi connectivity index (χ2v) is 5.41. The van der Waals surface area contributed by atoms with Crippen LogP contribution in [0.15, 0.2) is 17.4 Å². The number of fused-ring (bicyclic) bond motifs is 1. The largest absolute Gasteiger partial charge is 0.253 e. The van der Waals surface area contributed by atoms with Crippen molar-refractivity contribution in [2.45, 2.75) is 63.3 Å². The topological polar surface area (TPSA) is 43.1 Å². The fourth-order valence-electron chi connectivity index (χ4n) is 2.24. The molecule has 0 N–H and O–H groups in total. The number of rotatable bonds is 8. The van der Waals surface area contributed by atoms with E-state index in [2.05, 4.69) is 34.6 Å². The molecular formula is C14H22N4S. The normalized spacial score (nSPS) is 11.3. The van der Waals surface area contributed by atoms with Gasteiger partial charge in [-0.15, -0.1) is 12.6 Å². The molecule has 0 radical (unpaired) electrons. The smallest absolute Gasteiger partial charge is 0.216 e. The Balaban J connectivity index is 1.75. The first-order chi connectivity index (χ1) is 9.31. The third-order valence-corrected chi connectivity index (χ3v) is 3.64. The van der Waals surface area contributed by atoms with E-state index in [1.807, 2.05) is 6.07 Å². The number of hydrogen-bond donors (Lipinski definition) is 1. The number of aromatic nitrogens is 4. The molecule has 5 heteroatoms. The molecule has 0 unspecified atom stereocenters. The Bertz CT molecular complexity index is 509. The van der Waals surface area contributed by atoms with E-state index in [1.165, 1.54) is 51.3 Å². The van der Waals surface area contributed by atoms with Gasteiger partial charge in [-0.3, -0.25) is 0 Å². The molecule has 0 aliphatic rings. The van der Waals surface area contributed by atoms with Crippen molar-refractivity contribution in [1.29, 1.82) is 0 Å². The summed E-state index contributed by atoms with van der Waals surface area (Å²) in [7, 11) is 0. The molecule has 2 aromatic rings. The molecule has 0 bridgehead atoms. The second-order valence-electron chi connectivity index (χ2n) is 4.95. The van der Waals surface area contributed by atoms with E-state index in [1.54, 1.807) is 4.52 Å². The first-order valence-electron chi connectivity index (χ1n) is 7.20. The van der Waals surface area contributed by atoms with Crippen LogP contribution in [0.1, 0.15) is 57.6 Å². The van der Waals surface area contributed by atoms with E-state index >= 15 is 0 Å². The zero-order valence-electron chi connectivity index (χ0n) is 11.5. The summed E-state index contributed by atoms with van der Waals surface area (Å²) in [6.07, 6.45) is 11.7. The van der Waals surface area contributed by atoms with Crippen molar-refractivity contribution in [3.63, 3.8) is 0 Å². The van der Waals surface area contributed by atoms with E-state index in [-0.39, 0.29) is 0 Å². The molecule has 0 spiro atoms. The quantitative estimate of drug-likeness (QED) is 0.455. The molecule has 2 aromatic heterocycles. The van der Waals surface area contributed by atoms with Crippen LogP contribution in [0.3, 0.4) is 0 Å². The van der Waals surface area contributed by atoms with Gasteiger partial charge in [0.1, 0.15) is 11.4 Å². The third-order valence-electron chi connectivity index (χ3n) is 3.32. The number of unbranched alkanes of at least 4 members (excludes halogenated alkanes) is 6. The molecule has 2 heterocycles. The Morgan fingerprint density at radius 3 is 2.63 bits per heavy atom. The minimum Gasteiger partial charge on any atom is -0.216 e. The summed E-state index contributed by atoms with van der Waals surface area (Å²) < 4.78 is 1.65. The lowest BCUT2D eigenvalue weighted by molar-refractivity contribution is 0.586. The van der Waals surface area contributed by atoms with Gasteiger partial charge in [0, 0.05) is 5.69 Å². The zero-order chi connectivity index (χ0) is 13.5. The number of hydrogen-bond acceptors (Lipinski definition) is 4. The van der Waals surface area contributed by atoms with Crippen LogP contribution in [0.2, 0.25) is 0 Å². The van der Waals surface area contributed by atoms with Gasteiger partial charge in [0.15, 0.2) is 0 Å². The van der Waals surface area contributed by atoms with Gasteiger partial charge in [-0.25, -0.2) is 4.98 Å². The van der Waals surface area contributed by atoms with Gasteiger partial charge in [0.05, 0.1) is 0 Å². The molecule has 19 heavy (non-hydrogen) atoms. The first-order valence-corrected chi connectivity index (χ1v) is 7.64. The Kier molecular flexibility index (Phi) is 5.63. The van der Waals surface area contributed by atoms with Gasteiger partial charge in [-0.2, -0.15) is 14.6 Å². The summed E-state index contributed by atoms with van der Waals surface area (Å²) in [4.78, 5) is 8.59.